The van der Waals surface area contributed by atoms with E-state index in [0.717, 1.165) is 22.0 Å². The molecule has 0 bridgehead atoms. The zero-order valence-corrected chi connectivity index (χ0v) is 13.6. The minimum Gasteiger partial charge on any atom is -0.325 e. The molecule has 0 aliphatic carbocycles. The Bertz CT molecular complexity index is 626. The Morgan fingerprint density at radius 1 is 1.29 bits per heavy atom. The van der Waals surface area contributed by atoms with Gasteiger partial charge in [-0.3, -0.25) is 4.79 Å². The van der Waals surface area contributed by atoms with Crippen LogP contribution in [-0.2, 0) is 4.79 Å². The first-order chi connectivity index (χ1) is 9.77. The zero-order chi connectivity index (χ0) is 15.6. The highest BCUT2D eigenvalue weighted by Gasteiger charge is 2.27. The second-order valence-electron chi connectivity index (χ2n) is 6.20. The molecule has 0 spiro atoms. The van der Waals surface area contributed by atoms with E-state index in [-0.39, 0.29) is 11.3 Å². The Morgan fingerprint density at radius 2 is 1.90 bits per heavy atom. The summed E-state index contributed by atoms with van der Waals surface area (Å²) in [6, 6.07) is 7.12. The van der Waals surface area contributed by atoms with Gasteiger partial charge >= 0.3 is 0 Å². The van der Waals surface area contributed by atoms with E-state index in [1.165, 1.54) is 0 Å². The molecular formula is C16H21N3OS. The summed E-state index contributed by atoms with van der Waals surface area (Å²) in [5.41, 5.74) is 8.50. The van der Waals surface area contributed by atoms with Crippen molar-refractivity contribution < 1.29 is 4.79 Å². The molecule has 0 unspecified atom stereocenters. The molecule has 0 fully saturated rings. The number of nitrogens with zero attached hydrogens (tertiary/aromatic N) is 1. The van der Waals surface area contributed by atoms with Crippen LogP contribution in [0.25, 0.3) is 10.6 Å². The summed E-state index contributed by atoms with van der Waals surface area (Å²) in [7, 11) is 0. The Hall–Kier alpha value is -1.72. The topological polar surface area (TPSA) is 68.0 Å². The quantitative estimate of drug-likeness (QED) is 0.912. The van der Waals surface area contributed by atoms with Gasteiger partial charge in [-0.15, -0.1) is 11.3 Å². The Labute approximate surface area is 129 Å². The van der Waals surface area contributed by atoms with E-state index in [1.54, 1.807) is 11.3 Å². The van der Waals surface area contributed by atoms with Crippen molar-refractivity contribution in [1.82, 2.24) is 4.98 Å². The molecule has 0 radical (unpaired) electrons. The van der Waals surface area contributed by atoms with E-state index in [2.05, 4.69) is 10.3 Å². The number of thiazole rings is 1. The molecule has 2 aromatic rings. The molecule has 21 heavy (non-hydrogen) atoms. The molecule has 1 heterocycles. The lowest BCUT2D eigenvalue weighted by molar-refractivity contribution is -0.119. The van der Waals surface area contributed by atoms with E-state index < -0.39 is 6.04 Å². The number of carbonyl (C=O) groups is 1. The van der Waals surface area contributed by atoms with Crippen molar-refractivity contribution in [2.45, 2.75) is 33.7 Å². The van der Waals surface area contributed by atoms with Crippen LogP contribution in [-0.4, -0.2) is 16.9 Å². The zero-order valence-electron chi connectivity index (χ0n) is 12.8. The van der Waals surface area contributed by atoms with Crippen molar-refractivity contribution in [1.29, 1.82) is 0 Å². The summed E-state index contributed by atoms with van der Waals surface area (Å²) in [5, 5.41) is 5.86. The average molecular weight is 303 g/mol. The van der Waals surface area contributed by atoms with Crippen LogP contribution < -0.4 is 11.1 Å². The third-order valence-electron chi connectivity index (χ3n) is 3.23. The maximum absolute atomic E-state index is 12.1. The molecular weight excluding hydrogens is 282 g/mol. The smallest absolute Gasteiger partial charge is 0.241 e. The second kappa shape index (κ2) is 5.95. The van der Waals surface area contributed by atoms with Gasteiger partial charge in [0.15, 0.2) is 0 Å². The van der Waals surface area contributed by atoms with Crippen LogP contribution in [0.4, 0.5) is 5.69 Å². The maximum atomic E-state index is 12.1. The van der Waals surface area contributed by atoms with Crippen LogP contribution in [0.1, 0.15) is 26.5 Å². The van der Waals surface area contributed by atoms with Crippen LogP contribution in [0.15, 0.2) is 29.6 Å². The Balaban J connectivity index is 2.08. The first-order valence-corrected chi connectivity index (χ1v) is 7.74. The fourth-order valence-electron chi connectivity index (χ4n) is 1.80. The number of aryl methyl sites for hydroxylation is 1. The lowest BCUT2D eigenvalue weighted by Crippen LogP contribution is -2.45. The number of carbonyl (C=O) groups excluding carboxylic acids is 1. The highest BCUT2D eigenvalue weighted by molar-refractivity contribution is 7.13. The first kappa shape index (κ1) is 15.7. The van der Waals surface area contributed by atoms with Crippen LogP contribution >= 0.6 is 11.3 Å². The third-order valence-corrected chi connectivity index (χ3v) is 4.24. The molecule has 0 aliphatic heterocycles. The van der Waals surface area contributed by atoms with Gasteiger partial charge in [0.25, 0.3) is 0 Å². The highest BCUT2D eigenvalue weighted by atomic mass is 32.1. The minimum absolute atomic E-state index is 0.166. The molecule has 1 aromatic carbocycles. The van der Waals surface area contributed by atoms with Crippen molar-refractivity contribution in [3.05, 3.63) is 35.3 Å². The van der Waals surface area contributed by atoms with Crippen molar-refractivity contribution >= 4 is 22.9 Å². The molecule has 5 heteroatoms. The number of hydrogen-bond acceptors (Lipinski definition) is 4. The van der Waals surface area contributed by atoms with E-state index in [0.29, 0.717) is 0 Å². The highest BCUT2D eigenvalue weighted by Crippen LogP contribution is 2.25. The number of nitrogens with one attached hydrogen (secondary N) is 1. The second-order valence-corrected chi connectivity index (χ2v) is 7.06. The number of anilines is 1. The fourth-order valence-corrected chi connectivity index (χ4v) is 2.60. The van der Waals surface area contributed by atoms with Gasteiger partial charge in [-0.1, -0.05) is 20.8 Å². The normalized spacial score (nSPS) is 13.0. The van der Waals surface area contributed by atoms with E-state index in [9.17, 15) is 4.79 Å². The number of rotatable bonds is 3. The first-order valence-electron chi connectivity index (χ1n) is 6.86. The number of aromatic nitrogens is 1. The van der Waals surface area contributed by atoms with Crippen LogP contribution in [0.5, 0.6) is 0 Å². The summed E-state index contributed by atoms with van der Waals surface area (Å²) >= 11 is 1.61. The maximum Gasteiger partial charge on any atom is 0.241 e. The van der Waals surface area contributed by atoms with E-state index in [4.69, 9.17) is 5.73 Å². The van der Waals surface area contributed by atoms with Gasteiger partial charge in [-0.2, -0.15) is 0 Å². The molecule has 2 rings (SSSR count). The standard InChI is InChI=1S/C16H21N3OS/c1-10-9-21-15(18-10)11-5-7-12(8-6-11)19-14(20)13(17)16(2,3)4/h5-9,13H,17H2,1-4H3,(H,19,20)/t13-/m1/s1. The molecule has 1 amide bonds. The van der Waals surface area contributed by atoms with Crippen LogP contribution in [0.3, 0.4) is 0 Å². The molecule has 1 aromatic heterocycles. The third kappa shape index (κ3) is 3.89. The lowest BCUT2D eigenvalue weighted by Gasteiger charge is -2.25. The summed E-state index contributed by atoms with van der Waals surface area (Å²) in [6.45, 7) is 7.82. The molecule has 0 aliphatic rings. The summed E-state index contributed by atoms with van der Waals surface area (Å²) in [4.78, 5) is 16.5. The molecule has 3 N–H and O–H groups in total. The van der Waals surface area contributed by atoms with Gasteiger partial charge in [0, 0.05) is 22.3 Å². The monoisotopic (exact) mass is 303 g/mol. The van der Waals surface area contributed by atoms with Crippen LogP contribution in [0, 0.1) is 12.3 Å². The van der Waals surface area contributed by atoms with Gasteiger partial charge in [-0.05, 0) is 36.6 Å². The van der Waals surface area contributed by atoms with Crippen LogP contribution in [0.2, 0.25) is 0 Å². The largest absolute Gasteiger partial charge is 0.325 e. The molecule has 112 valence electrons. The van der Waals surface area contributed by atoms with E-state index in [1.807, 2.05) is 57.3 Å². The van der Waals surface area contributed by atoms with Crippen molar-refractivity contribution in [2.24, 2.45) is 11.1 Å². The number of nitrogens with two attached hydrogens (primary N) is 1. The Kier molecular flexibility index (Phi) is 4.44. The van der Waals surface area contributed by atoms with Crippen molar-refractivity contribution in [3.8, 4) is 10.6 Å². The molecule has 0 saturated carbocycles. The molecule has 0 saturated heterocycles. The lowest BCUT2D eigenvalue weighted by atomic mass is 9.87. The summed E-state index contributed by atoms with van der Waals surface area (Å²) < 4.78 is 0. The molecule has 1 atom stereocenters. The summed E-state index contributed by atoms with van der Waals surface area (Å²) in [5.74, 6) is -0.166. The van der Waals surface area contributed by atoms with E-state index >= 15 is 0 Å². The van der Waals surface area contributed by atoms with Gasteiger partial charge in [0.05, 0.1) is 6.04 Å². The fraction of sp³-hybridized carbons (Fsp3) is 0.375. The van der Waals surface area contributed by atoms with Gasteiger partial charge in [-0.25, -0.2) is 4.98 Å². The SMILES string of the molecule is Cc1csc(-c2ccc(NC(=O)[C@@H](N)C(C)(C)C)cc2)n1. The number of hydrogen-bond donors (Lipinski definition) is 2. The number of benzene rings is 1. The molecule has 4 nitrogen and oxygen atoms in total. The van der Waals surface area contributed by atoms with Crippen molar-refractivity contribution in [2.75, 3.05) is 5.32 Å². The van der Waals surface area contributed by atoms with Gasteiger partial charge in [0.2, 0.25) is 5.91 Å². The average Bonchev–Trinajstić information content (AvgIpc) is 2.84. The Morgan fingerprint density at radius 3 is 2.38 bits per heavy atom. The number of amides is 1. The summed E-state index contributed by atoms with van der Waals surface area (Å²) in [6.07, 6.45) is 0. The predicted molar refractivity (Wildman–Crippen MR) is 88.3 cm³/mol. The van der Waals surface area contributed by atoms with Crippen molar-refractivity contribution in [3.63, 3.8) is 0 Å². The minimum atomic E-state index is -0.543. The van der Waals surface area contributed by atoms with Gasteiger partial charge < -0.3 is 11.1 Å². The predicted octanol–water partition coefficient (Wildman–Crippen LogP) is 3.43. The van der Waals surface area contributed by atoms with Gasteiger partial charge in [0.1, 0.15) is 5.01 Å².